The summed E-state index contributed by atoms with van der Waals surface area (Å²) < 4.78 is 0.970. The first-order valence-electron chi connectivity index (χ1n) is 4.42. The normalized spacial score (nSPS) is 41.2. The molecule has 1 saturated heterocycles. The van der Waals surface area contributed by atoms with Crippen LogP contribution in [-0.2, 0) is 4.84 Å². The van der Waals surface area contributed by atoms with Crippen LogP contribution in [0.4, 0.5) is 0 Å². The Morgan fingerprint density at radius 2 is 2.50 bits per heavy atom. The van der Waals surface area contributed by atoms with Crippen molar-refractivity contribution in [2.24, 2.45) is 5.16 Å². The quantitative estimate of drug-likeness (QED) is 0.635. The minimum atomic E-state index is 0.0289. The van der Waals surface area contributed by atoms with Gasteiger partial charge >= 0.3 is 0 Å². The lowest BCUT2D eigenvalue weighted by Gasteiger charge is -2.33. The number of oxime groups is 1. The van der Waals surface area contributed by atoms with Crippen molar-refractivity contribution >= 4 is 20.6 Å². The van der Waals surface area contributed by atoms with Gasteiger partial charge in [-0.05, 0) is 15.9 Å². The molecule has 2 aliphatic heterocycles. The summed E-state index contributed by atoms with van der Waals surface area (Å²) >= 11 is 3.38. The molecule has 1 fully saturated rings. The van der Waals surface area contributed by atoms with Gasteiger partial charge in [-0.15, -0.1) is 0 Å². The molecule has 2 atom stereocenters. The van der Waals surface area contributed by atoms with Crippen LogP contribution in [0.5, 0.6) is 0 Å². The van der Waals surface area contributed by atoms with E-state index in [2.05, 4.69) is 28.1 Å². The average molecular weight is 234 g/mol. The van der Waals surface area contributed by atoms with Crippen molar-refractivity contribution in [3.05, 3.63) is 0 Å². The predicted molar refractivity (Wildman–Crippen MR) is 50.6 cm³/mol. The van der Waals surface area contributed by atoms with Gasteiger partial charge in [0.2, 0.25) is 0 Å². The van der Waals surface area contributed by atoms with Crippen LogP contribution in [0.2, 0.25) is 0 Å². The Morgan fingerprint density at radius 3 is 3.08 bits per heavy atom. The third-order valence-electron chi connectivity index (χ3n) is 2.67. The lowest BCUT2D eigenvalue weighted by atomic mass is 9.91. The third-order valence-corrected chi connectivity index (χ3v) is 3.09. The molecule has 0 saturated carbocycles. The Bertz CT molecular complexity index is 219. The van der Waals surface area contributed by atoms with Crippen LogP contribution in [0.25, 0.3) is 0 Å². The molecule has 2 rings (SSSR count). The molecule has 0 bridgehead atoms. The molecule has 0 aromatic rings. The molecule has 1 spiro atoms. The van der Waals surface area contributed by atoms with Gasteiger partial charge in [-0.1, -0.05) is 5.16 Å². The SMILES string of the molecule is C[NH+]1CCCC2(CC(Br)=NO2)C1. The Hall–Kier alpha value is -0.0900. The molecule has 0 aliphatic carbocycles. The third kappa shape index (κ3) is 1.50. The lowest BCUT2D eigenvalue weighted by molar-refractivity contribution is -0.892. The molecule has 0 aromatic heterocycles. The van der Waals surface area contributed by atoms with E-state index in [1.165, 1.54) is 13.0 Å². The van der Waals surface area contributed by atoms with Crippen molar-refractivity contribution in [2.75, 3.05) is 20.1 Å². The Kier molecular flexibility index (Phi) is 2.12. The van der Waals surface area contributed by atoms with E-state index in [1.807, 2.05) is 0 Å². The Balaban J connectivity index is 2.03. The van der Waals surface area contributed by atoms with Crippen LogP contribution in [-0.4, -0.2) is 30.4 Å². The summed E-state index contributed by atoms with van der Waals surface area (Å²) in [4.78, 5) is 7.04. The maximum Gasteiger partial charge on any atom is 0.192 e. The molecule has 0 amide bonds. The standard InChI is InChI=1S/C8H13BrN2O/c1-11-4-2-3-8(6-11)5-7(9)10-12-8/h2-6H2,1H3/p+1. The minimum absolute atomic E-state index is 0.0289. The van der Waals surface area contributed by atoms with Gasteiger partial charge in [0, 0.05) is 19.3 Å². The van der Waals surface area contributed by atoms with Crippen LogP contribution in [0.1, 0.15) is 19.3 Å². The molecule has 0 radical (unpaired) electrons. The second-order valence-electron chi connectivity index (χ2n) is 3.91. The van der Waals surface area contributed by atoms with Crippen LogP contribution >= 0.6 is 15.9 Å². The summed E-state index contributed by atoms with van der Waals surface area (Å²) in [5.41, 5.74) is 0.0289. The average Bonchev–Trinajstić information content (AvgIpc) is 2.32. The monoisotopic (exact) mass is 233 g/mol. The molecule has 1 N–H and O–H groups in total. The summed E-state index contributed by atoms with van der Waals surface area (Å²) in [5.74, 6) is 0. The highest BCUT2D eigenvalue weighted by Gasteiger charge is 2.43. The van der Waals surface area contributed by atoms with E-state index in [4.69, 9.17) is 4.84 Å². The molecule has 0 aromatic carbocycles. The van der Waals surface area contributed by atoms with Gasteiger partial charge in [0.1, 0.15) is 11.2 Å². The number of quaternary nitrogens is 1. The van der Waals surface area contributed by atoms with Crippen LogP contribution < -0.4 is 4.90 Å². The molecule has 68 valence electrons. The Morgan fingerprint density at radius 1 is 1.67 bits per heavy atom. The van der Waals surface area contributed by atoms with Crippen LogP contribution in [0, 0.1) is 0 Å². The zero-order valence-corrected chi connectivity index (χ0v) is 8.85. The summed E-state index contributed by atoms with van der Waals surface area (Å²) in [7, 11) is 2.22. The van der Waals surface area contributed by atoms with Crippen molar-refractivity contribution in [3.63, 3.8) is 0 Å². The molecule has 4 heteroatoms. The molecule has 3 nitrogen and oxygen atoms in total. The summed E-state index contributed by atoms with van der Waals surface area (Å²) in [6.45, 7) is 2.36. The number of halogens is 1. The zero-order chi connectivity index (χ0) is 8.60. The highest BCUT2D eigenvalue weighted by Crippen LogP contribution is 2.30. The number of piperidine rings is 1. The number of likely N-dealkylation sites (N-methyl/N-ethyl adjacent to an activating group) is 1. The van der Waals surface area contributed by atoms with E-state index in [1.54, 1.807) is 4.90 Å². The number of hydrogen-bond donors (Lipinski definition) is 1. The van der Waals surface area contributed by atoms with Gasteiger partial charge in [-0.2, -0.15) is 0 Å². The summed E-state index contributed by atoms with van der Waals surface area (Å²) in [6.07, 6.45) is 3.37. The van der Waals surface area contributed by atoms with Crippen molar-refractivity contribution in [2.45, 2.75) is 24.9 Å². The fourth-order valence-electron chi connectivity index (χ4n) is 2.14. The van der Waals surface area contributed by atoms with E-state index in [9.17, 15) is 0 Å². The van der Waals surface area contributed by atoms with Gasteiger partial charge in [0.05, 0.1) is 13.6 Å². The topological polar surface area (TPSA) is 26.0 Å². The number of nitrogens with one attached hydrogen (secondary N) is 1. The largest absolute Gasteiger partial charge is 0.382 e. The highest BCUT2D eigenvalue weighted by molar-refractivity contribution is 9.18. The molecule has 2 unspecified atom stereocenters. The first kappa shape index (κ1) is 8.51. The van der Waals surface area contributed by atoms with Gasteiger partial charge in [-0.25, -0.2) is 0 Å². The smallest absolute Gasteiger partial charge is 0.192 e. The molecule has 2 heterocycles. The van der Waals surface area contributed by atoms with Crippen molar-refractivity contribution < 1.29 is 9.74 Å². The second kappa shape index (κ2) is 3.00. The summed E-state index contributed by atoms with van der Waals surface area (Å²) in [6, 6.07) is 0. The molecular formula is C8H14BrN2O+. The number of hydrogen-bond acceptors (Lipinski definition) is 2. The fraction of sp³-hybridized carbons (Fsp3) is 0.875. The minimum Gasteiger partial charge on any atom is -0.382 e. The number of nitrogens with zero attached hydrogens (tertiary/aromatic N) is 1. The fourth-order valence-corrected chi connectivity index (χ4v) is 2.73. The van der Waals surface area contributed by atoms with Gasteiger partial charge < -0.3 is 9.74 Å². The van der Waals surface area contributed by atoms with Crippen molar-refractivity contribution in [3.8, 4) is 0 Å². The summed E-state index contributed by atoms with van der Waals surface area (Å²) in [5, 5.41) is 3.97. The second-order valence-corrected chi connectivity index (χ2v) is 4.82. The van der Waals surface area contributed by atoms with E-state index in [0.29, 0.717) is 0 Å². The number of rotatable bonds is 0. The Labute approximate surface area is 80.9 Å². The molecule has 12 heavy (non-hydrogen) atoms. The van der Waals surface area contributed by atoms with Gasteiger partial charge in [0.25, 0.3) is 0 Å². The van der Waals surface area contributed by atoms with E-state index in [0.717, 1.165) is 24.0 Å². The van der Waals surface area contributed by atoms with E-state index < -0.39 is 0 Å². The molecule has 2 aliphatic rings. The van der Waals surface area contributed by atoms with Crippen molar-refractivity contribution in [1.29, 1.82) is 0 Å². The number of likely N-dealkylation sites (tertiary alicyclic amines) is 1. The van der Waals surface area contributed by atoms with Crippen molar-refractivity contribution in [1.82, 2.24) is 0 Å². The first-order valence-corrected chi connectivity index (χ1v) is 5.21. The maximum atomic E-state index is 5.48. The first-order chi connectivity index (χ1) is 5.70. The zero-order valence-electron chi connectivity index (χ0n) is 7.27. The molecular weight excluding hydrogens is 220 g/mol. The highest BCUT2D eigenvalue weighted by atomic mass is 79.9. The maximum absolute atomic E-state index is 5.48. The van der Waals surface area contributed by atoms with Crippen LogP contribution in [0.15, 0.2) is 5.16 Å². The van der Waals surface area contributed by atoms with E-state index in [-0.39, 0.29) is 5.60 Å². The lowest BCUT2D eigenvalue weighted by Crippen LogP contribution is -3.12. The van der Waals surface area contributed by atoms with E-state index >= 15 is 0 Å². The van der Waals surface area contributed by atoms with Gasteiger partial charge in [0.15, 0.2) is 5.60 Å². The van der Waals surface area contributed by atoms with Gasteiger partial charge in [-0.3, -0.25) is 0 Å². The predicted octanol–water partition coefficient (Wildman–Crippen LogP) is 0.162. The van der Waals surface area contributed by atoms with Crippen LogP contribution in [0.3, 0.4) is 0 Å².